The summed E-state index contributed by atoms with van der Waals surface area (Å²) in [6.07, 6.45) is 1.41. The highest BCUT2D eigenvalue weighted by molar-refractivity contribution is 6.04. The van der Waals surface area contributed by atoms with Crippen molar-refractivity contribution in [2.24, 2.45) is 0 Å². The Morgan fingerprint density at radius 2 is 2.05 bits per heavy atom. The normalized spacial score (nSPS) is 10.1. The zero-order valence-electron chi connectivity index (χ0n) is 11.0. The Bertz CT molecular complexity index is 659. The summed E-state index contributed by atoms with van der Waals surface area (Å²) in [7, 11) is 1.43. The fourth-order valence-corrected chi connectivity index (χ4v) is 1.72. The van der Waals surface area contributed by atoms with E-state index in [2.05, 4.69) is 5.32 Å². The van der Waals surface area contributed by atoms with E-state index in [1.165, 1.54) is 31.6 Å². The molecule has 0 aliphatic heterocycles. The second-order valence-electron chi connectivity index (χ2n) is 4.11. The van der Waals surface area contributed by atoms with Gasteiger partial charge >= 0.3 is 5.97 Å². The van der Waals surface area contributed by atoms with Gasteiger partial charge in [-0.1, -0.05) is 0 Å². The van der Waals surface area contributed by atoms with Crippen molar-refractivity contribution in [2.45, 2.75) is 6.92 Å². The molecule has 0 radical (unpaired) electrons. The lowest BCUT2D eigenvalue weighted by Crippen LogP contribution is -2.13. The molecule has 0 bridgehead atoms. The van der Waals surface area contributed by atoms with Gasteiger partial charge in [0.05, 0.1) is 24.6 Å². The molecule has 0 atom stereocenters. The molecule has 0 saturated heterocycles. The molecule has 6 heteroatoms. The molecule has 0 fully saturated rings. The number of hydrogen-bond donors (Lipinski definition) is 2. The molecule has 1 aromatic carbocycles. The minimum atomic E-state index is -1.09. The second-order valence-corrected chi connectivity index (χ2v) is 4.11. The minimum Gasteiger partial charge on any atom is -0.495 e. The lowest BCUT2D eigenvalue weighted by molar-refractivity contribution is 0.0696. The van der Waals surface area contributed by atoms with E-state index in [0.717, 1.165) is 0 Å². The zero-order chi connectivity index (χ0) is 14.7. The summed E-state index contributed by atoms with van der Waals surface area (Å²) >= 11 is 0. The van der Waals surface area contributed by atoms with Gasteiger partial charge in [-0.3, -0.25) is 4.79 Å². The predicted octanol–water partition coefficient (Wildman–Crippen LogP) is 2.55. The Morgan fingerprint density at radius 1 is 1.30 bits per heavy atom. The Kier molecular flexibility index (Phi) is 3.74. The molecule has 20 heavy (non-hydrogen) atoms. The van der Waals surface area contributed by atoms with Crippen molar-refractivity contribution in [3.63, 3.8) is 0 Å². The van der Waals surface area contributed by atoms with Crippen LogP contribution in [0, 0.1) is 6.92 Å². The van der Waals surface area contributed by atoms with E-state index in [-0.39, 0.29) is 17.0 Å². The smallest absolute Gasteiger partial charge is 0.335 e. The van der Waals surface area contributed by atoms with Crippen LogP contribution in [-0.4, -0.2) is 24.1 Å². The maximum Gasteiger partial charge on any atom is 0.335 e. The lowest BCUT2D eigenvalue weighted by atomic mass is 10.1. The molecule has 6 nitrogen and oxygen atoms in total. The number of carbonyl (C=O) groups is 2. The highest BCUT2D eigenvalue weighted by Crippen LogP contribution is 2.26. The van der Waals surface area contributed by atoms with E-state index in [0.29, 0.717) is 11.3 Å². The van der Waals surface area contributed by atoms with Gasteiger partial charge in [0.15, 0.2) is 5.76 Å². The SMILES string of the molecule is COc1ccc(C(=O)O)cc1NC(=O)c1occc1C. The molecule has 0 aliphatic rings. The molecule has 0 aliphatic carbocycles. The number of carboxylic acids is 1. The quantitative estimate of drug-likeness (QED) is 0.895. The van der Waals surface area contributed by atoms with E-state index in [1.54, 1.807) is 13.0 Å². The van der Waals surface area contributed by atoms with Gasteiger partial charge in [-0.2, -0.15) is 0 Å². The van der Waals surface area contributed by atoms with Gasteiger partial charge in [0, 0.05) is 5.56 Å². The van der Waals surface area contributed by atoms with Crippen LogP contribution >= 0.6 is 0 Å². The fraction of sp³-hybridized carbons (Fsp3) is 0.143. The van der Waals surface area contributed by atoms with Crippen LogP contribution in [-0.2, 0) is 0 Å². The first-order chi connectivity index (χ1) is 9.52. The first-order valence-corrected chi connectivity index (χ1v) is 5.79. The third kappa shape index (κ3) is 2.64. The van der Waals surface area contributed by atoms with Crippen molar-refractivity contribution < 1.29 is 23.8 Å². The van der Waals surface area contributed by atoms with Crippen LogP contribution in [0.4, 0.5) is 5.69 Å². The number of amides is 1. The largest absolute Gasteiger partial charge is 0.495 e. The molecule has 0 spiro atoms. The summed E-state index contributed by atoms with van der Waals surface area (Å²) in [5.41, 5.74) is 1.02. The summed E-state index contributed by atoms with van der Waals surface area (Å²) in [6, 6.07) is 5.88. The van der Waals surface area contributed by atoms with Gasteiger partial charge in [0.2, 0.25) is 0 Å². The molecule has 2 rings (SSSR count). The molecule has 1 heterocycles. The molecule has 1 aromatic heterocycles. The first-order valence-electron chi connectivity index (χ1n) is 5.79. The van der Waals surface area contributed by atoms with Gasteiger partial charge in [-0.05, 0) is 31.2 Å². The molecule has 2 aromatic rings. The number of benzene rings is 1. The van der Waals surface area contributed by atoms with Gasteiger partial charge in [0.25, 0.3) is 5.91 Å². The summed E-state index contributed by atoms with van der Waals surface area (Å²) < 4.78 is 10.2. The number of nitrogens with one attached hydrogen (secondary N) is 1. The van der Waals surface area contributed by atoms with Crippen molar-refractivity contribution >= 4 is 17.6 Å². The topological polar surface area (TPSA) is 88.8 Å². The average Bonchev–Trinajstić information content (AvgIpc) is 2.84. The second kappa shape index (κ2) is 5.48. The lowest BCUT2D eigenvalue weighted by Gasteiger charge is -2.10. The molecular weight excluding hydrogens is 262 g/mol. The minimum absolute atomic E-state index is 0.0530. The van der Waals surface area contributed by atoms with E-state index in [4.69, 9.17) is 14.3 Å². The number of aryl methyl sites for hydroxylation is 1. The fourth-order valence-electron chi connectivity index (χ4n) is 1.72. The third-order valence-electron chi connectivity index (χ3n) is 2.76. The highest BCUT2D eigenvalue weighted by atomic mass is 16.5. The van der Waals surface area contributed by atoms with Crippen LogP contribution in [0.25, 0.3) is 0 Å². The van der Waals surface area contributed by atoms with Crippen LogP contribution in [0.2, 0.25) is 0 Å². The number of anilines is 1. The number of ether oxygens (including phenoxy) is 1. The molecule has 2 N–H and O–H groups in total. The maximum atomic E-state index is 12.0. The van der Waals surface area contributed by atoms with Crippen LogP contribution in [0.3, 0.4) is 0 Å². The van der Waals surface area contributed by atoms with Crippen LogP contribution in [0.15, 0.2) is 34.9 Å². The summed E-state index contributed by atoms with van der Waals surface area (Å²) in [4.78, 5) is 23.0. The van der Waals surface area contributed by atoms with Crippen molar-refractivity contribution in [3.05, 3.63) is 47.4 Å². The number of carbonyl (C=O) groups excluding carboxylic acids is 1. The third-order valence-corrected chi connectivity index (χ3v) is 2.76. The van der Waals surface area contributed by atoms with Crippen molar-refractivity contribution in [2.75, 3.05) is 12.4 Å². The van der Waals surface area contributed by atoms with Crippen molar-refractivity contribution in [3.8, 4) is 5.75 Å². The molecule has 104 valence electrons. The summed E-state index contributed by atoms with van der Waals surface area (Å²) in [5, 5.41) is 11.5. The number of furan rings is 1. The highest BCUT2D eigenvalue weighted by Gasteiger charge is 2.16. The van der Waals surface area contributed by atoms with Gasteiger partial charge < -0.3 is 19.6 Å². The van der Waals surface area contributed by atoms with E-state index in [9.17, 15) is 9.59 Å². The van der Waals surface area contributed by atoms with Gasteiger partial charge in [-0.25, -0.2) is 4.79 Å². The number of methoxy groups -OCH3 is 1. The standard InChI is InChI=1S/C14H13NO5/c1-8-5-6-20-12(8)13(16)15-10-7-9(14(17)18)3-4-11(10)19-2/h3-7H,1-2H3,(H,15,16)(H,17,18). The molecular formula is C14H13NO5. The van der Waals surface area contributed by atoms with Crippen LogP contribution in [0.1, 0.15) is 26.5 Å². The maximum absolute atomic E-state index is 12.0. The Balaban J connectivity index is 2.32. The summed E-state index contributed by atoms with van der Waals surface area (Å²) in [6.45, 7) is 1.74. The van der Waals surface area contributed by atoms with Crippen molar-refractivity contribution in [1.29, 1.82) is 0 Å². The number of rotatable bonds is 4. The average molecular weight is 275 g/mol. The summed E-state index contributed by atoms with van der Waals surface area (Å²) in [5.74, 6) is -1.01. The van der Waals surface area contributed by atoms with Gasteiger partial charge in [0.1, 0.15) is 5.75 Å². The predicted molar refractivity (Wildman–Crippen MR) is 71.4 cm³/mol. The van der Waals surface area contributed by atoms with E-state index >= 15 is 0 Å². The molecule has 1 amide bonds. The number of aromatic carboxylic acids is 1. The number of hydrogen-bond acceptors (Lipinski definition) is 4. The zero-order valence-corrected chi connectivity index (χ0v) is 11.0. The van der Waals surface area contributed by atoms with Crippen LogP contribution < -0.4 is 10.1 Å². The van der Waals surface area contributed by atoms with E-state index in [1.807, 2.05) is 0 Å². The van der Waals surface area contributed by atoms with Gasteiger partial charge in [-0.15, -0.1) is 0 Å². The van der Waals surface area contributed by atoms with E-state index < -0.39 is 11.9 Å². The first kappa shape index (κ1) is 13.7. The molecule has 0 saturated carbocycles. The Morgan fingerprint density at radius 3 is 2.60 bits per heavy atom. The number of carboxylic acid groups (broad SMARTS) is 1. The molecule has 0 unspecified atom stereocenters. The van der Waals surface area contributed by atoms with Crippen molar-refractivity contribution in [1.82, 2.24) is 0 Å². The monoisotopic (exact) mass is 275 g/mol. The Labute approximate surface area is 115 Å². The Hall–Kier alpha value is -2.76. The van der Waals surface area contributed by atoms with Crippen LogP contribution in [0.5, 0.6) is 5.75 Å².